The molecule has 5 nitrogen and oxygen atoms in total. The van der Waals surface area contributed by atoms with Gasteiger partial charge >= 0.3 is 0 Å². The lowest BCUT2D eigenvalue weighted by molar-refractivity contribution is 0.244. The Labute approximate surface area is 150 Å². The third kappa shape index (κ3) is 4.24. The Kier molecular flexibility index (Phi) is 5.26. The fourth-order valence-corrected chi connectivity index (χ4v) is 2.28. The SMILES string of the molecule is CC(C)Oc1ccccc1Nc1ccnc(Nc2c(F)cccc2F)n1. The third-order valence-electron chi connectivity index (χ3n) is 3.37. The van der Waals surface area contributed by atoms with E-state index in [1.54, 1.807) is 6.07 Å². The number of halogens is 2. The summed E-state index contributed by atoms with van der Waals surface area (Å²) in [6.07, 6.45) is 1.51. The Morgan fingerprint density at radius 1 is 0.923 bits per heavy atom. The molecule has 0 radical (unpaired) electrons. The van der Waals surface area contributed by atoms with Gasteiger partial charge in [0.15, 0.2) is 0 Å². The second-order valence-electron chi connectivity index (χ2n) is 5.77. The summed E-state index contributed by atoms with van der Waals surface area (Å²) in [5, 5.41) is 5.70. The number of nitrogens with zero attached hydrogens (tertiary/aromatic N) is 2. The van der Waals surface area contributed by atoms with Crippen molar-refractivity contribution in [3.05, 3.63) is 66.4 Å². The van der Waals surface area contributed by atoms with Crippen LogP contribution in [0.5, 0.6) is 5.75 Å². The molecule has 0 fully saturated rings. The van der Waals surface area contributed by atoms with Gasteiger partial charge < -0.3 is 15.4 Å². The van der Waals surface area contributed by atoms with Gasteiger partial charge in [-0.3, -0.25) is 0 Å². The maximum Gasteiger partial charge on any atom is 0.229 e. The highest BCUT2D eigenvalue weighted by Gasteiger charge is 2.11. The maximum absolute atomic E-state index is 13.8. The molecule has 1 heterocycles. The second-order valence-corrected chi connectivity index (χ2v) is 5.77. The van der Waals surface area contributed by atoms with Gasteiger partial charge in [-0.2, -0.15) is 4.98 Å². The molecule has 2 aromatic carbocycles. The number of nitrogens with one attached hydrogen (secondary N) is 2. The predicted octanol–water partition coefficient (Wildman–Crippen LogP) is 5.03. The molecular weight excluding hydrogens is 338 g/mol. The average Bonchev–Trinajstić information content (AvgIpc) is 2.60. The molecule has 0 aliphatic rings. The molecule has 1 aromatic heterocycles. The van der Waals surface area contributed by atoms with Crippen molar-refractivity contribution >= 4 is 23.1 Å². The highest BCUT2D eigenvalue weighted by molar-refractivity contribution is 5.65. The van der Waals surface area contributed by atoms with E-state index in [1.807, 2.05) is 38.1 Å². The number of hydrogen-bond acceptors (Lipinski definition) is 5. The number of benzene rings is 2. The van der Waals surface area contributed by atoms with Crippen molar-refractivity contribution in [1.82, 2.24) is 9.97 Å². The van der Waals surface area contributed by atoms with Gasteiger partial charge in [-0.15, -0.1) is 0 Å². The van der Waals surface area contributed by atoms with E-state index in [4.69, 9.17) is 4.74 Å². The molecule has 0 saturated heterocycles. The monoisotopic (exact) mass is 356 g/mol. The van der Waals surface area contributed by atoms with Crippen LogP contribution in [-0.4, -0.2) is 16.1 Å². The van der Waals surface area contributed by atoms with Crippen molar-refractivity contribution in [2.24, 2.45) is 0 Å². The zero-order valence-electron chi connectivity index (χ0n) is 14.3. The first-order valence-corrected chi connectivity index (χ1v) is 8.09. The lowest BCUT2D eigenvalue weighted by Gasteiger charge is -2.15. The van der Waals surface area contributed by atoms with Gasteiger partial charge in [-0.05, 0) is 44.2 Å². The van der Waals surface area contributed by atoms with Crippen LogP contribution in [-0.2, 0) is 0 Å². The standard InChI is InChI=1S/C19H18F2N4O/c1-12(2)26-16-9-4-3-8-15(16)23-17-10-11-22-19(24-17)25-18-13(20)6-5-7-14(18)21/h3-12H,1-2H3,(H2,22,23,24,25). The quantitative estimate of drug-likeness (QED) is 0.649. The molecule has 26 heavy (non-hydrogen) atoms. The van der Waals surface area contributed by atoms with Gasteiger partial charge in [-0.25, -0.2) is 13.8 Å². The lowest BCUT2D eigenvalue weighted by atomic mass is 10.3. The minimum Gasteiger partial charge on any atom is -0.489 e. The molecule has 0 spiro atoms. The normalized spacial score (nSPS) is 10.7. The number of rotatable bonds is 6. The molecule has 0 aliphatic carbocycles. The summed E-state index contributed by atoms with van der Waals surface area (Å²) in [5.41, 5.74) is 0.427. The van der Waals surface area contributed by atoms with Gasteiger partial charge in [0.1, 0.15) is 28.9 Å². The van der Waals surface area contributed by atoms with E-state index in [-0.39, 0.29) is 17.7 Å². The minimum absolute atomic E-state index is 0.0182. The Bertz CT molecular complexity index is 882. The van der Waals surface area contributed by atoms with Crippen molar-refractivity contribution < 1.29 is 13.5 Å². The molecule has 0 amide bonds. The van der Waals surface area contributed by atoms with Crippen LogP contribution in [0.15, 0.2) is 54.7 Å². The molecule has 0 saturated carbocycles. The number of ether oxygens (including phenoxy) is 1. The van der Waals surface area contributed by atoms with Crippen LogP contribution >= 0.6 is 0 Å². The first-order chi connectivity index (χ1) is 12.5. The van der Waals surface area contributed by atoms with E-state index < -0.39 is 11.6 Å². The fourth-order valence-electron chi connectivity index (χ4n) is 2.28. The largest absolute Gasteiger partial charge is 0.489 e. The minimum atomic E-state index is -0.720. The van der Waals surface area contributed by atoms with Crippen LogP contribution in [0.2, 0.25) is 0 Å². The summed E-state index contributed by atoms with van der Waals surface area (Å²) in [4.78, 5) is 8.25. The molecule has 3 rings (SSSR count). The highest BCUT2D eigenvalue weighted by Crippen LogP contribution is 2.28. The smallest absolute Gasteiger partial charge is 0.229 e. The Balaban J connectivity index is 1.83. The highest BCUT2D eigenvalue weighted by atomic mass is 19.1. The Morgan fingerprint density at radius 2 is 1.65 bits per heavy atom. The zero-order chi connectivity index (χ0) is 18.5. The average molecular weight is 356 g/mol. The van der Waals surface area contributed by atoms with Crippen LogP contribution in [0, 0.1) is 11.6 Å². The van der Waals surface area contributed by atoms with Crippen molar-refractivity contribution in [2.45, 2.75) is 20.0 Å². The van der Waals surface area contributed by atoms with E-state index in [0.29, 0.717) is 11.6 Å². The van der Waals surface area contributed by atoms with E-state index in [0.717, 1.165) is 17.8 Å². The summed E-state index contributed by atoms with van der Waals surface area (Å²) in [5.74, 6) is -0.235. The van der Waals surface area contributed by atoms with E-state index in [9.17, 15) is 8.78 Å². The summed E-state index contributed by atoms with van der Waals surface area (Å²) in [6.45, 7) is 3.87. The second kappa shape index (κ2) is 7.77. The fraction of sp³-hybridized carbons (Fsp3) is 0.158. The number of para-hydroxylation sites is 3. The Morgan fingerprint density at radius 3 is 2.38 bits per heavy atom. The van der Waals surface area contributed by atoms with Gasteiger partial charge in [0, 0.05) is 6.20 Å². The molecule has 0 aliphatic heterocycles. The molecule has 0 unspecified atom stereocenters. The molecule has 2 N–H and O–H groups in total. The number of hydrogen-bond donors (Lipinski definition) is 2. The van der Waals surface area contributed by atoms with E-state index >= 15 is 0 Å². The third-order valence-corrected chi connectivity index (χ3v) is 3.37. The van der Waals surface area contributed by atoms with Crippen molar-refractivity contribution in [3.8, 4) is 5.75 Å². The van der Waals surface area contributed by atoms with Crippen molar-refractivity contribution in [2.75, 3.05) is 10.6 Å². The maximum atomic E-state index is 13.8. The van der Waals surface area contributed by atoms with E-state index in [1.165, 1.54) is 12.3 Å². The van der Waals surface area contributed by atoms with Crippen LogP contribution < -0.4 is 15.4 Å². The molecule has 134 valence electrons. The summed E-state index contributed by atoms with van der Waals surface area (Å²) < 4.78 is 33.3. The molecule has 3 aromatic rings. The first-order valence-electron chi connectivity index (χ1n) is 8.09. The van der Waals surface area contributed by atoms with Crippen LogP contribution in [0.4, 0.5) is 31.9 Å². The first kappa shape index (κ1) is 17.6. The van der Waals surface area contributed by atoms with Crippen molar-refractivity contribution in [1.29, 1.82) is 0 Å². The summed E-state index contributed by atoms with van der Waals surface area (Å²) in [6, 6.07) is 12.7. The predicted molar refractivity (Wildman–Crippen MR) is 97.2 cm³/mol. The lowest BCUT2D eigenvalue weighted by Crippen LogP contribution is -2.08. The number of aromatic nitrogens is 2. The van der Waals surface area contributed by atoms with Crippen LogP contribution in [0.25, 0.3) is 0 Å². The van der Waals surface area contributed by atoms with Gasteiger partial charge in [0.25, 0.3) is 0 Å². The molecule has 0 atom stereocenters. The molecule has 0 bridgehead atoms. The van der Waals surface area contributed by atoms with Crippen molar-refractivity contribution in [3.63, 3.8) is 0 Å². The van der Waals surface area contributed by atoms with Gasteiger partial charge in [-0.1, -0.05) is 18.2 Å². The summed E-state index contributed by atoms with van der Waals surface area (Å²) in [7, 11) is 0. The number of anilines is 4. The van der Waals surface area contributed by atoms with Gasteiger partial charge in [0.2, 0.25) is 5.95 Å². The van der Waals surface area contributed by atoms with Gasteiger partial charge in [0.05, 0.1) is 11.8 Å². The van der Waals surface area contributed by atoms with E-state index in [2.05, 4.69) is 20.6 Å². The molecule has 7 heteroatoms. The molecular formula is C19H18F2N4O. The zero-order valence-corrected chi connectivity index (χ0v) is 14.3. The summed E-state index contributed by atoms with van der Waals surface area (Å²) >= 11 is 0. The topological polar surface area (TPSA) is 59.1 Å². The van der Waals surface area contributed by atoms with Crippen LogP contribution in [0.1, 0.15) is 13.8 Å². The Hall–Kier alpha value is -3.22. The van der Waals surface area contributed by atoms with Crippen LogP contribution in [0.3, 0.4) is 0 Å².